The number of carbonyl (C=O) groups is 1. The summed E-state index contributed by atoms with van der Waals surface area (Å²) < 4.78 is 0. The number of amides is 1. The fourth-order valence-electron chi connectivity index (χ4n) is 2.76. The predicted molar refractivity (Wildman–Crippen MR) is 72.6 cm³/mol. The van der Waals surface area contributed by atoms with Gasteiger partial charge in [0.25, 0.3) is 5.91 Å². The average Bonchev–Trinajstić information content (AvgIpc) is 2.81. The molecule has 1 aliphatic carbocycles. The fourth-order valence-corrected chi connectivity index (χ4v) is 2.76. The summed E-state index contributed by atoms with van der Waals surface area (Å²) in [4.78, 5) is 15.5. The van der Waals surface area contributed by atoms with Crippen LogP contribution in [-0.4, -0.2) is 16.4 Å². The molecule has 0 bridgehead atoms. The van der Waals surface area contributed by atoms with Crippen LogP contribution in [0.4, 0.5) is 0 Å². The first-order valence-corrected chi connectivity index (χ1v) is 6.63. The molecule has 0 saturated heterocycles. The largest absolute Gasteiger partial charge is 0.361 e. The maximum absolute atomic E-state index is 12.4. The zero-order chi connectivity index (χ0) is 12.6. The third-order valence-corrected chi connectivity index (χ3v) is 4.21. The van der Waals surface area contributed by atoms with Crippen molar-refractivity contribution in [1.82, 2.24) is 10.3 Å². The van der Waals surface area contributed by atoms with Crippen molar-refractivity contribution in [2.45, 2.75) is 38.1 Å². The predicted octanol–water partition coefficient (Wildman–Crippen LogP) is 3.23. The van der Waals surface area contributed by atoms with Gasteiger partial charge in [0.05, 0.1) is 0 Å². The number of aromatic nitrogens is 1. The number of rotatable bonds is 3. The van der Waals surface area contributed by atoms with E-state index in [0.29, 0.717) is 0 Å². The van der Waals surface area contributed by atoms with Gasteiger partial charge in [0.15, 0.2) is 0 Å². The van der Waals surface area contributed by atoms with Gasteiger partial charge < -0.3 is 10.3 Å². The Hall–Kier alpha value is -1.77. The number of fused-ring (bicyclic) bond motifs is 1. The van der Waals surface area contributed by atoms with Crippen LogP contribution in [-0.2, 0) is 0 Å². The number of aromatic amines is 1. The summed E-state index contributed by atoms with van der Waals surface area (Å²) in [5, 5.41) is 4.23. The van der Waals surface area contributed by atoms with Gasteiger partial charge in [0, 0.05) is 28.2 Å². The smallest absolute Gasteiger partial charge is 0.252 e. The molecule has 1 aromatic heterocycles. The van der Waals surface area contributed by atoms with Gasteiger partial charge in [-0.25, -0.2) is 0 Å². The molecule has 2 aromatic rings. The molecule has 1 heterocycles. The van der Waals surface area contributed by atoms with Crippen molar-refractivity contribution >= 4 is 16.8 Å². The molecule has 3 nitrogen and oxygen atoms in total. The van der Waals surface area contributed by atoms with Gasteiger partial charge >= 0.3 is 0 Å². The first-order chi connectivity index (χ1) is 8.74. The molecule has 0 radical (unpaired) electrons. The Morgan fingerprint density at radius 1 is 1.39 bits per heavy atom. The van der Waals surface area contributed by atoms with Crippen LogP contribution >= 0.6 is 0 Å². The van der Waals surface area contributed by atoms with E-state index in [-0.39, 0.29) is 11.4 Å². The van der Waals surface area contributed by atoms with Crippen LogP contribution in [0.25, 0.3) is 10.9 Å². The van der Waals surface area contributed by atoms with E-state index < -0.39 is 0 Å². The van der Waals surface area contributed by atoms with Crippen LogP contribution in [0.3, 0.4) is 0 Å². The van der Waals surface area contributed by atoms with E-state index >= 15 is 0 Å². The summed E-state index contributed by atoms with van der Waals surface area (Å²) in [5.41, 5.74) is 1.84. The van der Waals surface area contributed by atoms with Crippen LogP contribution in [0.2, 0.25) is 0 Å². The summed E-state index contributed by atoms with van der Waals surface area (Å²) in [5.74, 6) is 0.0572. The summed E-state index contributed by atoms with van der Waals surface area (Å²) in [6.07, 6.45) is 6.33. The molecule has 1 aromatic carbocycles. The van der Waals surface area contributed by atoms with Gasteiger partial charge in [-0.15, -0.1) is 0 Å². The molecule has 1 saturated carbocycles. The maximum atomic E-state index is 12.4. The number of nitrogens with one attached hydrogen (secondary N) is 2. The number of benzene rings is 1. The monoisotopic (exact) mass is 242 g/mol. The molecule has 2 N–H and O–H groups in total. The summed E-state index contributed by atoms with van der Waals surface area (Å²) >= 11 is 0. The second-order valence-corrected chi connectivity index (χ2v) is 5.19. The van der Waals surface area contributed by atoms with Crippen molar-refractivity contribution in [1.29, 1.82) is 0 Å². The minimum absolute atomic E-state index is 0.0511. The number of hydrogen-bond acceptors (Lipinski definition) is 1. The molecule has 0 unspecified atom stereocenters. The Labute approximate surface area is 107 Å². The normalized spacial score (nSPS) is 17.4. The highest BCUT2D eigenvalue weighted by Gasteiger charge is 2.36. The molecule has 0 atom stereocenters. The summed E-state index contributed by atoms with van der Waals surface area (Å²) in [6.45, 7) is 2.15. The molecule has 3 rings (SSSR count). The SMILES string of the molecule is CCC1(NC(=O)c2cccc3[nH]ccc23)CCC1. The number of H-pyrrole nitrogens is 1. The second kappa shape index (κ2) is 4.16. The topological polar surface area (TPSA) is 44.9 Å². The molecule has 18 heavy (non-hydrogen) atoms. The van der Waals surface area contributed by atoms with Crippen molar-refractivity contribution in [3.63, 3.8) is 0 Å². The fraction of sp³-hybridized carbons (Fsp3) is 0.400. The summed E-state index contributed by atoms with van der Waals surface area (Å²) in [7, 11) is 0. The maximum Gasteiger partial charge on any atom is 0.252 e. The Balaban J connectivity index is 1.90. The molecule has 3 heteroatoms. The van der Waals surface area contributed by atoms with Crippen LogP contribution in [0, 0.1) is 0 Å². The lowest BCUT2D eigenvalue weighted by molar-refractivity contribution is 0.0822. The van der Waals surface area contributed by atoms with E-state index in [0.717, 1.165) is 35.7 Å². The van der Waals surface area contributed by atoms with Crippen molar-refractivity contribution in [2.75, 3.05) is 0 Å². The molecule has 1 amide bonds. The Morgan fingerprint density at radius 2 is 2.22 bits per heavy atom. The molecule has 94 valence electrons. The molecule has 1 aliphatic rings. The third-order valence-electron chi connectivity index (χ3n) is 4.21. The van der Waals surface area contributed by atoms with Crippen LogP contribution in [0.1, 0.15) is 43.0 Å². The van der Waals surface area contributed by atoms with Crippen LogP contribution < -0.4 is 5.32 Å². The van der Waals surface area contributed by atoms with Crippen molar-refractivity contribution in [3.05, 3.63) is 36.0 Å². The standard InChI is InChI=1S/C15H18N2O/c1-2-15(8-4-9-15)17-14(18)12-5-3-6-13-11(12)7-10-16-13/h3,5-7,10,16H,2,4,8-9H2,1H3,(H,17,18). The highest BCUT2D eigenvalue weighted by Crippen LogP contribution is 2.35. The Morgan fingerprint density at radius 3 is 2.89 bits per heavy atom. The minimum Gasteiger partial charge on any atom is -0.361 e. The van der Waals surface area contributed by atoms with Gasteiger partial charge in [-0.05, 0) is 43.9 Å². The van der Waals surface area contributed by atoms with E-state index in [1.807, 2.05) is 30.5 Å². The Bertz CT molecular complexity index is 575. The van der Waals surface area contributed by atoms with Gasteiger partial charge in [-0.2, -0.15) is 0 Å². The number of hydrogen-bond donors (Lipinski definition) is 2. The molecule has 0 aliphatic heterocycles. The van der Waals surface area contributed by atoms with E-state index in [4.69, 9.17) is 0 Å². The van der Waals surface area contributed by atoms with Crippen molar-refractivity contribution < 1.29 is 4.79 Å². The lowest BCUT2D eigenvalue weighted by Gasteiger charge is -2.42. The lowest BCUT2D eigenvalue weighted by Crippen LogP contribution is -2.52. The quantitative estimate of drug-likeness (QED) is 0.852. The zero-order valence-corrected chi connectivity index (χ0v) is 10.6. The van der Waals surface area contributed by atoms with Gasteiger partial charge in [-0.1, -0.05) is 13.0 Å². The zero-order valence-electron chi connectivity index (χ0n) is 10.6. The molecule has 1 fully saturated rings. The molecular formula is C15H18N2O. The van der Waals surface area contributed by atoms with Crippen LogP contribution in [0.5, 0.6) is 0 Å². The second-order valence-electron chi connectivity index (χ2n) is 5.19. The van der Waals surface area contributed by atoms with E-state index in [9.17, 15) is 4.79 Å². The molecule has 0 spiro atoms. The van der Waals surface area contributed by atoms with E-state index in [1.165, 1.54) is 6.42 Å². The third kappa shape index (κ3) is 1.70. The van der Waals surface area contributed by atoms with E-state index in [1.54, 1.807) is 0 Å². The lowest BCUT2D eigenvalue weighted by atomic mass is 9.74. The van der Waals surface area contributed by atoms with Crippen molar-refractivity contribution in [2.24, 2.45) is 0 Å². The average molecular weight is 242 g/mol. The Kier molecular flexibility index (Phi) is 2.62. The number of carbonyl (C=O) groups excluding carboxylic acids is 1. The molecular weight excluding hydrogens is 224 g/mol. The van der Waals surface area contributed by atoms with E-state index in [2.05, 4.69) is 17.2 Å². The first-order valence-electron chi connectivity index (χ1n) is 6.63. The highest BCUT2D eigenvalue weighted by molar-refractivity contribution is 6.06. The van der Waals surface area contributed by atoms with Gasteiger partial charge in [-0.3, -0.25) is 4.79 Å². The first kappa shape index (κ1) is 11.3. The minimum atomic E-state index is 0.0511. The summed E-state index contributed by atoms with van der Waals surface area (Å²) in [6, 6.07) is 7.77. The van der Waals surface area contributed by atoms with Gasteiger partial charge in [0.2, 0.25) is 0 Å². The highest BCUT2D eigenvalue weighted by atomic mass is 16.1. The van der Waals surface area contributed by atoms with Crippen molar-refractivity contribution in [3.8, 4) is 0 Å². The van der Waals surface area contributed by atoms with Gasteiger partial charge in [0.1, 0.15) is 0 Å². The van der Waals surface area contributed by atoms with Crippen LogP contribution in [0.15, 0.2) is 30.5 Å².